The topological polar surface area (TPSA) is 66.8 Å². The molecule has 1 rings (SSSR count). The van der Waals surface area contributed by atoms with Crippen molar-refractivity contribution in [3.8, 4) is 0 Å². The van der Waals surface area contributed by atoms with Crippen LogP contribution in [0.15, 0.2) is 23.1 Å². The minimum absolute atomic E-state index is 0.00525. The van der Waals surface area contributed by atoms with Gasteiger partial charge in [-0.25, -0.2) is 0 Å². The number of hydrogen-bond acceptors (Lipinski definition) is 5. The van der Waals surface area contributed by atoms with Crippen LogP contribution in [0.5, 0.6) is 0 Å². The summed E-state index contributed by atoms with van der Waals surface area (Å²) in [5, 5.41) is 20.5. The van der Waals surface area contributed by atoms with Crippen LogP contribution in [-0.4, -0.2) is 41.3 Å². The molecule has 0 unspecified atom stereocenters. The second kappa shape index (κ2) is 14.3. The Kier molecular flexibility index (Phi) is 12.8. The summed E-state index contributed by atoms with van der Waals surface area (Å²) >= 11 is 1.79. The van der Waals surface area contributed by atoms with E-state index in [1.165, 1.54) is 24.9 Å². The molecule has 0 saturated heterocycles. The van der Waals surface area contributed by atoms with Gasteiger partial charge in [-0.05, 0) is 42.3 Å². The van der Waals surface area contributed by atoms with Crippen LogP contribution < -0.4 is 0 Å². The third kappa shape index (κ3) is 10.4. The van der Waals surface area contributed by atoms with Gasteiger partial charge < -0.3 is 14.9 Å². The second-order valence-corrected chi connectivity index (χ2v) is 8.77. The SMILES string of the molecule is CCCC[C@@H](C)C[C@H](O)/C=C/[C@@H]1C(SCCCCCC(=O)OC)=CC[C@H]1O. The minimum atomic E-state index is -0.436. The van der Waals surface area contributed by atoms with Crippen molar-refractivity contribution >= 4 is 17.7 Å². The third-order valence-corrected chi connectivity index (χ3v) is 6.33. The Labute approximate surface area is 169 Å². The molecule has 27 heavy (non-hydrogen) atoms. The van der Waals surface area contributed by atoms with Crippen LogP contribution in [-0.2, 0) is 9.53 Å². The Bertz CT molecular complexity index is 475. The molecule has 4 atom stereocenters. The van der Waals surface area contributed by atoms with Gasteiger partial charge in [0, 0.05) is 12.3 Å². The van der Waals surface area contributed by atoms with Crippen LogP contribution in [0.25, 0.3) is 0 Å². The standard InChI is InChI=1S/C22H38O4S/c1-4-5-9-17(2)16-18(23)11-12-19-20(24)13-14-21(19)27-15-8-6-7-10-22(25)26-3/h11-12,14,17-20,23-24H,4-10,13,15-16H2,1-3H3/b12-11+/t17-,18-,19+,20-/m1/s1. The number of ether oxygens (including phenoxy) is 1. The average Bonchev–Trinajstić information content (AvgIpc) is 3.00. The molecule has 0 radical (unpaired) electrons. The highest BCUT2D eigenvalue weighted by Gasteiger charge is 2.26. The van der Waals surface area contributed by atoms with E-state index in [4.69, 9.17) is 0 Å². The fraction of sp³-hybridized carbons (Fsp3) is 0.773. The Morgan fingerprint density at radius 3 is 2.85 bits per heavy atom. The Morgan fingerprint density at radius 2 is 2.15 bits per heavy atom. The summed E-state index contributed by atoms with van der Waals surface area (Å²) in [6.07, 6.45) is 13.6. The molecule has 0 spiro atoms. The first kappa shape index (κ1) is 24.3. The van der Waals surface area contributed by atoms with Crippen molar-refractivity contribution in [2.45, 2.75) is 83.8 Å². The minimum Gasteiger partial charge on any atom is -0.469 e. The second-order valence-electron chi connectivity index (χ2n) is 7.61. The van der Waals surface area contributed by atoms with E-state index in [0.29, 0.717) is 18.8 Å². The van der Waals surface area contributed by atoms with Crippen LogP contribution in [0, 0.1) is 11.8 Å². The summed E-state index contributed by atoms with van der Waals surface area (Å²) in [6.45, 7) is 4.38. The molecule has 0 heterocycles. The smallest absolute Gasteiger partial charge is 0.305 e. The molecule has 0 fully saturated rings. The molecule has 2 N–H and O–H groups in total. The zero-order valence-electron chi connectivity index (χ0n) is 17.2. The van der Waals surface area contributed by atoms with Gasteiger partial charge in [0.15, 0.2) is 0 Å². The van der Waals surface area contributed by atoms with Crippen molar-refractivity contribution in [3.05, 3.63) is 23.1 Å². The summed E-state index contributed by atoms with van der Waals surface area (Å²) in [5.41, 5.74) is 0. The Balaban J connectivity index is 2.32. The van der Waals surface area contributed by atoms with Gasteiger partial charge in [0.25, 0.3) is 0 Å². The first-order chi connectivity index (χ1) is 13.0. The number of methoxy groups -OCH3 is 1. The highest BCUT2D eigenvalue weighted by molar-refractivity contribution is 8.03. The Hall–Kier alpha value is -0.780. The van der Waals surface area contributed by atoms with Gasteiger partial charge in [-0.15, -0.1) is 11.8 Å². The molecule has 4 nitrogen and oxygen atoms in total. The highest BCUT2D eigenvalue weighted by atomic mass is 32.2. The number of carbonyl (C=O) groups is 1. The maximum atomic E-state index is 11.1. The van der Waals surface area contributed by atoms with Gasteiger partial charge in [-0.3, -0.25) is 4.79 Å². The normalized spacial score (nSPS) is 22.0. The molecule has 0 bridgehead atoms. The van der Waals surface area contributed by atoms with E-state index in [0.717, 1.165) is 37.9 Å². The predicted molar refractivity (Wildman–Crippen MR) is 114 cm³/mol. The summed E-state index contributed by atoms with van der Waals surface area (Å²) in [5.74, 6) is 1.37. The summed E-state index contributed by atoms with van der Waals surface area (Å²) < 4.78 is 4.64. The van der Waals surface area contributed by atoms with E-state index in [1.54, 1.807) is 11.8 Å². The van der Waals surface area contributed by atoms with E-state index in [1.807, 2.05) is 12.2 Å². The number of carbonyl (C=O) groups excluding carboxylic acids is 1. The quantitative estimate of drug-likeness (QED) is 0.249. The lowest BCUT2D eigenvalue weighted by molar-refractivity contribution is -0.140. The van der Waals surface area contributed by atoms with E-state index in [2.05, 4.69) is 24.7 Å². The first-order valence-corrected chi connectivity index (χ1v) is 11.4. The zero-order chi connectivity index (χ0) is 20.1. The maximum Gasteiger partial charge on any atom is 0.305 e. The van der Waals surface area contributed by atoms with Crippen molar-refractivity contribution in [2.24, 2.45) is 11.8 Å². The van der Waals surface area contributed by atoms with Crippen molar-refractivity contribution in [1.82, 2.24) is 0 Å². The zero-order valence-corrected chi connectivity index (χ0v) is 18.0. The van der Waals surface area contributed by atoms with Crippen LogP contribution >= 0.6 is 11.8 Å². The van der Waals surface area contributed by atoms with Gasteiger partial charge in [0.05, 0.1) is 19.3 Å². The molecule has 0 aliphatic heterocycles. The molecule has 156 valence electrons. The first-order valence-electron chi connectivity index (χ1n) is 10.4. The molecule has 0 amide bonds. The van der Waals surface area contributed by atoms with Crippen molar-refractivity contribution in [3.63, 3.8) is 0 Å². The van der Waals surface area contributed by atoms with E-state index in [-0.39, 0.29) is 18.0 Å². The van der Waals surface area contributed by atoms with Crippen LogP contribution in [0.4, 0.5) is 0 Å². The molecule has 1 aliphatic carbocycles. The van der Waals surface area contributed by atoms with Crippen LogP contribution in [0.3, 0.4) is 0 Å². The molecule has 5 heteroatoms. The lowest BCUT2D eigenvalue weighted by Crippen LogP contribution is -2.15. The van der Waals surface area contributed by atoms with E-state index in [9.17, 15) is 15.0 Å². The lowest BCUT2D eigenvalue weighted by Gasteiger charge is -2.17. The number of unbranched alkanes of at least 4 members (excludes halogenated alkanes) is 3. The Morgan fingerprint density at radius 1 is 1.37 bits per heavy atom. The van der Waals surface area contributed by atoms with Crippen LogP contribution in [0.2, 0.25) is 0 Å². The molecular formula is C22H38O4S. The van der Waals surface area contributed by atoms with Crippen molar-refractivity contribution in [1.29, 1.82) is 0 Å². The molecule has 0 aromatic heterocycles. The fourth-order valence-corrected chi connectivity index (χ4v) is 4.56. The number of aliphatic hydroxyl groups is 2. The largest absolute Gasteiger partial charge is 0.469 e. The molecule has 0 saturated carbocycles. The average molecular weight is 399 g/mol. The molecular weight excluding hydrogens is 360 g/mol. The number of aliphatic hydroxyl groups excluding tert-OH is 2. The number of rotatable bonds is 14. The van der Waals surface area contributed by atoms with Gasteiger partial charge in [0.2, 0.25) is 0 Å². The molecule has 0 aromatic carbocycles. The van der Waals surface area contributed by atoms with E-state index < -0.39 is 6.10 Å². The molecule has 0 aromatic rings. The fourth-order valence-electron chi connectivity index (χ4n) is 3.34. The summed E-state index contributed by atoms with van der Waals surface area (Å²) in [7, 11) is 1.42. The van der Waals surface area contributed by atoms with Gasteiger partial charge >= 0.3 is 5.97 Å². The van der Waals surface area contributed by atoms with Crippen molar-refractivity contribution in [2.75, 3.05) is 12.9 Å². The number of esters is 1. The van der Waals surface area contributed by atoms with Crippen LogP contribution in [0.1, 0.15) is 71.6 Å². The monoisotopic (exact) mass is 398 g/mol. The third-order valence-electron chi connectivity index (χ3n) is 5.06. The number of hydrogen-bond donors (Lipinski definition) is 2. The predicted octanol–water partition coefficient (Wildman–Crippen LogP) is 4.85. The lowest BCUT2D eigenvalue weighted by atomic mass is 9.96. The maximum absolute atomic E-state index is 11.1. The van der Waals surface area contributed by atoms with Crippen molar-refractivity contribution < 1.29 is 19.7 Å². The van der Waals surface area contributed by atoms with Gasteiger partial charge in [-0.2, -0.15) is 0 Å². The van der Waals surface area contributed by atoms with E-state index >= 15 is 0 Å². The van der Waals surface area contributed by atoms with Gasteiger partial charge in [0.1, 0.15) is 0 Å². The number of thioether (sulfide) groups is 1. The highest BCUT2D eigenvalue weighted by Crippen LogP contribution is 2.36. The summed E-state index contributed by atoms with van der Waals surface area (Å²) in [6, 6.07) is 0. The van der Waals surface area contributed by atoms with Gasteiger partial charge in [-0.1, -0.05) is 57.8 Å². The summed E-state index contributed by atoms with van der Waals surface area (Å²) in [4.78, 5) is 12.3. The molecule has 1 aliphatic rings.